The van der Waals surface area contributed by atoms with Crippen molar-refractivity contribution in [3.63, 3.8) is 0 Å². The van der Waals surface area contributed by atoms with E-state index < -0.39 is 0 Å². The van der Waals surface area contributed by atoms with E-state index in [0.29, 0.717) is 5.92 Å². The second-order valence-electron chi connectivity index (χ2n) is 7.99. The van der Waals surface area contributed by atoms with Gasteiger partial charge in [0.15, 0.2) is 0 Å². The number of piperidine rings is 1. The minimum atomic E-state index is -0.209. The first-order valence-corrected chi connectivity index (χ1v) is 10.5. The lowest BCUT2D eigenvalue weighted by Crippen LogP contribution is -2.36. The molecule has 1 aliphatic rings. The van der Waals surface area contributed by atoms with Gasteiger partial charge in [0.05, 0.1) is 0 Å². The number of nitrogens with zero attached hydrogens (tertiary/aromatic N) is 2. The van der Waals surface area contributed by atoms with Gasteiger partial charge in [0, 0.05) is 37.1 Å². The highest BCUT2D eigenvalue weighted by Gasteiger charge is 2.17. The Balaban J connectivity index is 1.62. The van der Waals surface area contributed by atoms with Crippen molar-refractivity contribution >= 4 is 28.9 Å². The number of rotatable bonds is 6. The van der Waals surface area contributed by atoms with Gasteiger partial charge < -0.3 is 15.1 Å². The normalized spacial score (nSPS) is 14.0. The molecule has 0 aliphatic carbocycles. The zero-order valence-electron chi connectivity index (χ0n) is 17.6. The first kappa shape index (κ1) is 20.9. The lowest BCUT2D eigenvalue weighted by molar-refractivity contribution is -0.120. The Bertz CT molecular complexity index is 822. The van der Waals surface area contributed by atoms with Crippen LogP contribution < -0.4 is 15.1 Å². The molecule has 154 valence electrons. The van der Waals surface area contributed by atoms with Crippen molar-refractivity contribution in [3.05, 3.63) is 54.1 Å². The number of hydrogen-bond donors (Lipinski definition) is 1. The van der Waals surface area contributed by atoms with E-state index in [1.807, 2.05) is 48.5 Å². The standard InChI is InChI=1S/C24H31N3O2/c1-18(2)20-7-11-23(12-8-20)27(19(3)28)17-24(29)25-21-9-13-22(14-10-21)26-15-5-4-6-16-26/h7-14,18H,4-6,15-17H2,1-3H3,(H,25,29). The van der Waals surface area contributed by atoms with Gasteiger partial charge in [-0.1, -0.05) is 26.0 Å². The maximum atomic E-state index is 12.5. The molecule has 1 fully saturated rings. The molecule has 0 atom stereocenters. The summed E-state index contributed by atoms with van der Waals surface area (Å²) in [5, 5.41) is 2.91. The van der Waals surface area contributed by atoms with Crippen LogP contribution in [0.4, 0.5) is 17.1 Å². The maximum absolute atomic E-state index is 12.5. The van der Waals surface area contributed by atoms with E-state index in [4.69, 9.17) is 0 Å². The van der Waals surface area contributed by atoms with Crippen molar-refractivity contribution in [3.8, 4) is 0 Å². The molecule has 3 rings (SSSR count). The van der Waals surface area contributed by atoms with E-state index in [-0.39, 0.29) is 18.4 Å². The molecule has 5 heteroatoms. The first-order chi connectivity index (χ1) is 13.9. The summed E-state index contributed by atoms with van der Waals surface area (Å²) in [7, 11) is 0. The third-order valence-electron chi connectivity index (χ3n) is 5.43. The van der Waals surface area contributed by atoms with E-state index in [9.17, 15) is 9.59 Å². The Morgan fingerprint density at radius 3 is 2.14 bits per heavy atom. The van der Waals surface area contributed by atoms with Crippen LogP contribution in [0.25, 0.3) is 0 Å². The third kappa shape index (κ3) is 5.59. The fraction of sp³-hybridized carbons (Fsp3) is 0.417. The quantitative estimate of drug-likeness (QED) is 0.767. The largest absolute Gasteiger partial charge is 0.372 e. The van der Waals surface area contributed by atoms with Crippen LogP contribution in [0.2, 0.25) is 0 Å². The SMILES string of the molecule is CC(=O)N(CC(=O)Nc1ccc(N2CCCCC2)cc1)c1ccc(C(C)C)cc1. The molecule has 1 aliphatic heterocycles. The van der Waals surface area contributed by atoms with Crippen LogP contribution in [0.5, 0.6) is 0 Å². The van der Waals surface area contributed by atoms with Crippen LogP contribution in [0, 0.1) is 0 Å². The van der Waals surface area contributed by atoms with Crippen LogP contribution >= 0.6 is 0 Å². The molecule has 1 heterocycles. The van der Waals surface area contributed by atoms with Crippen LogP contribution in [0.3, 0.4) is 0 Å². The summed E-state index contributed by atoms with van der Waals surface area (Å²) in [4.78, 5) is 28.5. The summed E-state index contributed by atoms with van der Waals surface area (Å²) in [6, 6.07) is 15.8. The van der Waals surface area contributed by atoms with Crippen LogP contribution in [-0.2, 0) is 9.59 Å². The average Bonchev–Trinajstić information content (AvgIpc) is 2.73. The number of carbonyl (C=O) groups is 2. The zero-order valence-corrected chi connectivity index (χ0v) is 17.6. The number of nitrogens with one attached hydrogen (secondary N) is 1. The van der Waals surface area contributed by atoms with E-state index in [1.165, 1.54) is 42.3 Å². The molecule has 0 saturated carbocycles. The molecule has 1 N–H and O–H groups in total. The lowest BCUT2D eigenvalue weighted by atomic mass is 10.0. The number of amides is 2. The minimum Gasteiger partial charge on any atom is -0.372 e. The van der Waals surface area contributed by atoms with Gasteiger partial charge in [-0.05, 0) is 67.1 Å². The Hall–Kier alpha value is -2.82. The van der Waals surface area contributed by atoms with E-state index in [1.54, 1.807) is 0 Å². The summed E-state index contributed by atoms with van der Waals surface area (Å²) in [5.74, 6) is 0.0581. The molecule has 0 spiro atoms. The fourth-order valence-electron chi connectivity index (χ4n) is 3.68. The second kappa shape index (κ2) is 9.59. The highest BCUT2D eigenvalue weighted by molar-refractivity contribution is 6.01. The molecule has 0 aromatic heterocycles. The van der Waals surface area contributed by atoms with E-state index in [0.717, 1.165) is 24.5 Å². The minimum absolute atomic E-state index is 0.00969. The molecule has 2 aromatic rings. The van der Waals surface area contributed by atoms with Gasteiger partial charge >= 0.3 is 0 Å². The van der Waals surface area contributed by atoms with Gasteiger partial charge in [-0.25, -0.2) is 0 Å². The molecular formula is C24H31N3O2. The van der Waals surface area contributed by atoms with Crippen molar-refractivity contribution in [2.75, 3.05) is 34.8 Å². The van der Waals surface area contributed by atoms with Gasteiger partial charge in [0.2, 0.25) is 11.8 Å². The summed E-state index contributed by atoms with van der Waals surface area (Å²) in [5.41, 5.74) is 3.88. The van der Waals surface area contributed by atoms with Crippen molar-refractivity contribution in [1.29, 1.82) is 0 Å². The highest BCUT2D eigenvalue weighted by Crippen LogP contribution is 2.23. The fourth-order valence-corrected chi connectivity index (χ4v) is 3.68. The molecule has 5 nitrogen and oxygen atoms in total. The molecule has 0 bridgehead atoms. The van der Waals surface area contributed by atoms with Gasteiger partial charge in [0.25, 0.3) is 0 Å². The molecule has 1 saturated heterocycles. The van der Waals surface area contributed by atoms with E-state index in [2.05, 4.69) is 24.1 Å². The summed E-state index contributed by atoms with van der Waals surface area (Å²) in [6.07, 6.45) is 3.77. The third-order valence-corrected chi connectivity index (χ3v) is 5.43. The molecule has 29 heavy (non-hydrogen) atoms. The van der Waals surface area contributed by atoms with E-state index >= 15 is 0 Å². The maximum Gasteiger partial charge on any atom is 0.244 e. The number of hydrogen-bond acceptors (Lipinski definition) is 3. The summed E-state index contributed by atoms with van der Waals surface area (Å²) >= 11 is 0. The molecular weight excluding hydrogens is 362 g/mol. The van der Waals surface area contributed by atoms with Crippen molar-refractivity contribution in [1.82, 2.24) is 0 Å². The highest BCUT2D eigenvalue weighted by atomic mass is 16.2. The van der Waals surface area contributed by atoms with Crippen molar-refractivity contribution < 1.29 is 9.59 Å². The summed E-state index contributed by atoms with van der Waals surface area (Å²) < 4.78 is 0. The second-order valence-corrected chi connectivity index (χ2v) is 7.99. The molecule has 2 aromatic carbocycles. The predicted molar refractivity (Wildman–Crippen MR) is 120 cm³/mol. The lowest BCUT2D eigenvalue weighted by Gasteiger charge is -2.28. The summed E-state index contributed by atoms with van der Waals surface area (Å²) in [6.45, 7) is 7.91. The number of benzene rings is 2. The zero-order chi connectivity index (χ0) is 20.8. The average molecular weight is 394 g/mol. The van der Waals surface area contributed by atoms with Gasteiger partial charge in [0.1, 0.15) is 6.54 Å². The van der Waals surface area contributed by atoms with Gasteiger partial charge in [-0.15, -0.1) is 0 Å². The molecule has 0 radical (unpaired) electrons. The van der Waals surface area contributed by atoms with Crippen molar-refractivity contribution in [2.24, 2.45) is 0 Å². The van der Waals surface area contributed by atoms with Crippen LogP contribution in [0.15, 0.2) is 48.5 Å². The van der Waals surface area contributed by atoms with Crippen molar-refractivity contribution in [2.45, 2.75) is 46.0 Å². The topological polar surface area (TPSA) is 52.7 Å². The monoisotopic (exact) mass is 393 g/mol. The Labute approximate surface area is 173 Å². The van der Waals surface area contributed by atoms with Gasteiger partial charge in [-0.2, -0.15) is 0 Å². The number of carbonyl (C=O) groups excluding carboxylic acids is 2. The first-order valence-electron chi connectivity index (χ1n) is 10.5. The predicted octanol–water partition coefficient (Wildman–Crippen LogP) is 4.79. The Kier molecular flexibility index (Phi) is 6.91. The van der Waals surface area contributed by atoms with Crippen LogP contribution in [-0.4, -0.2) is 31.4 Å². The number of anilines is 3. The Morgan fingerprint density at radius 2 is 1.59 bits per heavy atom. The smallest absolute Gasteiger partial charge is 0.244 e. The Morgan fingerprint density at radius 1 is 0.966 bits per heavy atom. The molecule has 2 amide bonds. The molecule has 0 unspecified atom stereocenters. The van der Waals surface area contributed by atoms with Crippen LogP contribution in [0.1, 0.15) is 51.5 Å². The van der Waals surface area contributed by atoms with Gasteiger partial charge in [-0.3, -0.25) is 9.59 Å².